The molecule has 334 valence electrons. The number of rotatable bonds is 17. The van der Waals surface area contributed by atoms with E-state index in [9.17, 15) is 0 Å². The molecular weight excluding hydrogens is 817 g/mol. The van der Waals surface area contributed by atoms with E-state index in [1.165, 1.54) is 0 Å². The van der Waals surface area contributed by atoms with Gasteiger partial charge < -0.3 is 28.7 Å². The van der Waals surface area contributed by atoms with E-state index in [0.29, 0.717) is 11.8 Å². The second kappa shape index (κ2) is 20.5. The van der Waals surface area contributed by atoms with Crippen LogP contribution in [0.5, 0.6) is 23.0 Å². The fraction of sp³-hybridized carbons (Fsp3) is 0.207. The minimum absolute atomic E-state index is 0.426. The number of aromatic nitrogens is 2. The summed E-state index contributed by atoms with van der Waals surface area (Å²) < 4.78 is 21.9. The molecule has 2 aromatic heterocycles. The summed E-state index contributed by atoms with van der Waals surface area (Å²) in [6.45, 7) is 8.96. The molecule has 0 aliphatic carbocycles. The third kappa shape index (κ3) is 10.5. The molecule has 2 heterocycles. The standard InChI is InChI=1S/C58H58N4O4/c1-39(2)33-45-35-43(41-9-13-47(14-10-41)61(49-17-25-53(63-5)26-18-49)50-19-27-54(64-6)28-20-50)37-57(59-45)58-38-44(36-46(60-58)34-40(3)4)42-11-15-48(16-12-42)62(51-21-29-55(65-7)30-22-51)52-23-31-56(66-8)32-24-52/h9-32,35-40H,33-34H2,1-8H3. The van der Waals surface area contributed by atoms with Crippen molar-refractivity contribution >= 4 is 34.1 Å². The van der Waals surface area contributed by atoms with Crippen LogP contribution in [0.4, 0.5) is 34.1 Å². The van der Waals surface area contributed by atoms with Crippen LogP contribution in [0, 0.1) is 11.8 Å². The molecular formula is C58H58N4O4. The molecule has 0 saturated heterocycles. The van der Waals surface area contributed by atoms with Crippen LogP contribution in [0.3, 0.4) is 0 Å². The molecule has 0 bridgehead atoms. The summed E-state index contributed by atoms with van der Waals surface area (Å²) in [5.74, 6) is 4.08. The predicted molar refractivity (Wildman–Crippen MR) is 271 cm³/mol. The Balaban J connectivity index is 1.16. The number of nitrogens with zero attached hydrogens (tertiary/aromatic N) is 4. The molecule has 0 N–H and O–H groups in total. The fourth-order valence-corrected chi connectivity index (χ4v) is 8.24. The van der Waals surface area contributed by atoms with Gasteiger partial charge in [0.25, 0.3) is 0 Å². The maximum atomic E-state index is 5.48. The second-order valence-corrected chi connectivity index (χ2v) is 17.2. The molecule has 0 atom stereocenters. The average Bonchev–Trinajstić information content (AvgIpc) is 3.35. The molecule has 0 amide bonds. The average molecular weight is 875 g/mol. The summed E-state index contributed by atoms with van der Waals surface area (Å²) in [5, 5.41) is 0. The Hall–Kier alpha value is -7.58. The third-order valence-electron chi connectivity index (χ3n) is 11.5. The normalized spacial score (nSPS) is 11.1. The van der Waals surface area contributed by atoms with E-state index in [2.05, 4.69) is 159 Å². The lowest BCUT2D eigenvalue weighted by molar-refractivity contribution is 0.414. The second-order valence-electron chi connectivity index (χ2n) is 17.2. The highest BCUT2D eigenvalue weighted by Crippen LogP contribution is 2.40. The highest BCUT2D eigenvalue weighted by molar-refractivity contribution is 5.82. The van der Waals surface area contributed by atoms with Crippen LogP contribution < -0.4 is 28.7 Å². The Labute approximate surface area is 390 Å². The largest absolute Gasteiger partial charge is 0.497 e. The van der Waals surface area contributed by atoms with Gasteiger partial charge in [-0.2, -0.15) is 0 Å². The van der Waals surface area contributed by atoms with Gasteiger partial charge in [-0.1, -0.05) is 52.0 Å². The summed E-state index contributed by atoms with van der Waals surface area (Å²) >= 11 is 0. The highest BCUT2D eigenvalue weighted by atomic mass is 16.5. The Morgan fingerprint density at radius 2 is 0.576 bits per heavy atom. The molecule has 0 fully saturated rings. The van der Waals surface area contributed by atoms with Crippen molar-refractivity contribution in [1.29, 1.82) is 0 Å². The molecule has 8 nitrogen and oxygen atoms in total. The molecule has 0 aliphatic heterocycles. The van der Waals surface area contributed by atoms with E-state index in [4.69, 9.17) is 28.9 Å². The van der Waals surface area contributed by atoms with Crippen LogP contribution >= 0.6 is 0 Å². The Morgan fingerprint density at radius 1 is 0.333 bits per heavy atom. The van der Waals surface area contributed by atoms with Crippen LogP contribution in [0.25, 0.3) is 33.6 Å². The van der Waals surface area contributed by atoms with Gasteiger partial charge >= 0.3 is 0 Å². The van der Waals surface area contributed by atoms with Crippen molar-refractivity contribution in [2.75, 3.05) is 38.2 Å². The van der Waals surface area contributed by atoms with Crippen molar-refractivity contribution in [1.82, 2.24) is 9.97 Å². The van der Waals surface area contributed by atoms with Gasteiger partial charge in [0, 0.05) is 45.5 Å². The maximum absolute atomic E-state index is 5.48. The number of benzene rings is 6. The zero-order valence-corrected chi connectivity index (χ0v) is 39.2. The summed E-state index contributed by atoms with van der Waals surface area (Å²) in [4.78, 5) is 15.1. The van der Waals surface area contributed by atoms with E-state index in [0.717, 1.165) is 115 Å². The van der Waals surface area contributed by atoms with E-state index in [1.807, 2.05) is 48.5 Å². The van der Waals surface area contributed by atoms with Gasteiger partial charge in [0.2, 0.25) is 0 Å². The molecule has 0 radical (unpaired) electrons. The van der Waals surface area contributed by atoms with Gasteiger partial charge in [0.05, 0.1) is 39.8 Å². The van der Waals surface area contributed by atoms with Crippen LogP contribution in [-0.2, 0) is 12.8 Å². The molecule has 8 rings (SSSR count). The molecule has 66 heavy (non-hydrogen) atoms. The van der Waals surface area contributed by atoms with Crippen LogP contribution in [-0.4, -0.2) is 38.4 Å². The Kier molecular flexibility index (Phi) is 14.0. The summed E-state index contributed by atoms with van der Waals surface area (Å²) in [7, 11) is 6.74. The van der Waals surface area contributed by atoms with Crippen molar-refractivity contribution in [3.63, 3.8) is 0 Å². The van der Waals surface area contributed by atoms with Gasteiger partial charge in [-0.3, -0.25) is 9.97 Å². The van der Waals surface area contributed by atoms with Crippen molar-refractivity contribution in [3.05, 3.63) is 181 Å². The Bertz CT molecular complexity index is 2530. The van der Waals surface area contributed by atoms with Crippen LogP contribution in [0.2, 0.25) is 0 Å². The van der Waals surface area contributed by atoms with Gasteiger partial charge in [0.1, 0.15) is 23.0 Å². The van der Waals surface area contributed by atoms with Crippen molar-refractivity contribution in [2.24, 2.45) is 11.8 Å². The lowest BCUT2D eigenvalue weighted by Crippen LogP contribution is -2.10. The topological polar surface area (TPSA) is 69.2 Å². The van der Waals surface area contributed by atoms with Crippen LogP contribution in [0.1, 0.15) is 39.1 Å². The lowest BCUT2D eigenvalue weighted by Gasteiger charge is -2.26. The number of hydrogen-bond donors (Lipinski definition) is 0. The fourth-order valence-electron chi connectivity index (χ4n) is 8.24. The minimum Gasteiger partial charge on any atom is -0.497 e. The summed E-state index contributed by atoms with van der Waals surface area (Å²) in [6, 6.07) is 58.9. The van der Waals surface area contributed by atoms with Crippen molar-refractivity contribution < 1.29 is 18.9 Å². The van der Waals surface area contributed by atoms with Crippen LogP contribution in [0.15, 0.2) is 170 Å². The van der Waals surface area contributed by atoms with E-state index >= 15 is 0 Å². The van der Waals surface area contributed by atoms with E-state index < -0.39 is 0 Å². The molecule has 0 spiro atoms. The number of methoxy groups -OCH3 is 4. The zero-order valence-electron chi connectivity index (χ0n) is 39.2. The third-order valence-corrected chi connectivity index (χ3v) is 11.5. The first kappa shape index (κ1) is 45.0. The molecule has 6 aromatic carbocycles. The van der Waals surface area contributed by atoms with Crippen molar-refractivity contribution in [3.8, 4) is 56.6 Å². The summed E-state index contributed by atoms with van der Waals surface area (Å²) in [5.41, 5.74) is 14.3. The molecule has 0 aliphatic rings. The molecule has 0 unspecified atom stereocenters. The van der Waals surface area contributed by atoms with E-state index in [1.54, 1.807) is 28.4 Å². The molecule has 8 heteroatoms. The number of hydrogen-bond acceptors (Lipinski definition) is 8. The SMILES string of the molecule is COc1ccc(N(c2ccc(OC)cc2)c2ccc(-c3cc(CC(C)C)nc(-c4cc(-c5ccc(N(c6ccc(OC)cc6)c6ccc(OC)cc6)cc5)cc(CC(C)C)n4)c3)cc2)cc1. The first-order valence-electron chi connectivity index (χ1n) is 22.5. The summed E-state index contributed by atoms with van der Waals surface area (Å²) in [6.07, 6.45) is 1.70. The minimum atomic E-state index is 0.426. The highest BCUT2D eigenvalue weighted by Gasteiger charge is 2.18. The number of anilines is 6. The predicted octanol–water partition coefficient (Wildman–Crippen LogP) is 14.8. The monoisotopic (exact) mass is 874 g/mol. The van der Waals surface area contributed by atoms with Gasteiger partial charge in [-0.05, 0) is 193 Å². The van der Waals surface area contributed by atoms with Gasteiger partial charge in [0.15, 0.2) is 0 Å². The first-order chi connectivity index (χ1) is 32.1. The lowest BCUT2D eigenvalue weighted by atomic mass is 9.97. The number of ether oxygens (including phenoxy) is 4. The quantitative estimate of drug-likeness (QED) is 0.0896. The van der Waals surface area contributed by atoms with E-state index in [-0.39, 0.29) is 0 Å². The zero-order chi connectivity index (χ0) is 46.2. The first-order valence-corrected chi connectivity index (χ1v) is 22.5. The smallest absolute Gasteiger partial charge is 0.119 e. The maximum Gasteiger partial charge on any atom is 0.119 e. The number of pyridine rings is 2. The van der Waals surface area contributed by atoms with Gasteiger partial charge in [-0.15, -0.1) is 0 Å². The molecule has 0 saturated carbocycles. The Morgan fingerprint density at radius 3 is 0.803 bits per heavy atom. The molecule has 8 aromatic rings. The van der Waals surface area contributed by atoms with Gasteiger partial charge in [-0.25, -0.2) is 0 Å². The van der Waals surface area contributed by atoms with Crippen molar-refractivity contribution in [2.45, 2.75) is 40.5 Å².